The van der Waals surface area contributed by atoms with Crippen molar-refractivity contribution in [1.29, 1.82) is 0 Å². The first-order valence-corrected chi connectivity index (χ1v) is 12.7. The quantitative estimate of drug-likeness (QED) is 0.334. The molecule has 0 spiro atoms. The lowest BCUT2D eigenvalue weighted by atomic mass is 10.1. The number of hydrogen-bond acceptors (Lipinski definition) is 9. The zero-order valence-corrected chi connectivity index (χ0v) is 20.7. The minimum atomic E-state index is -3.94. The van der Waals surface area contributed by atoms with E-state index in [1.807, 2.05) is 0 Å². The fourth-order valence-electron chi connectivity index (χ4n) is 3.36. The minimum Gasteiger partial charge on any atom is -0.487 e. The summed E-state index contributed by atoms with van der Waals surface area (Å²) < 4.78 is 52.9. The van der Waals surface area contributed by atoms with Crippen molar-refractivity contribution in [1.82, 2.24) is 19.4 Å². The van der Waals surface area contributed by atoms with Crippen LogP contribution in [-0.4, -0.2) is 48.2 Å². The Balaban J connectivity index is 1.73. The average molecular weight is 520 g/mol. The van der Waals surface area contributed by atoms with Crippen molar-refractivity contribution >= 4 is 32.7 Å². The zero-order valence-electron chi connectivity index (χ0n) is 19.1. The molecule has 0 saturated carbocycles. The van der Waals surface area contributed by atoms with Crippen LogP contribution in [0.2, 0.25) is 0 Å². The molecule has 0 aliphatic carbocycles. The van der Waals surface area contributed by atoms with E-state index in [9.17, 15) is 17.6 Å². The number of pyridine rings is 2. The number of nitrogens with one attached hydrogen (secondary N) is 1. The van der Waals surface area contributed by atoms with Crippen LogP contribution < -0.4 is 19.8 Å². The van der Waals surface area contributed by atoms with Crippen LogP contribution in [0.15, 0.2) is 45.8 Å². The molecule has 1 N–H and O–H groups in total. The summed E-state index contributed by atoms with van der Waals surface area (Å²) in [5, 5.41) is 0.630. The van der Waals surface area contributed by atoms with Crippen LogP contribution in [0.5, 0.6) is 11.6 Å². The second-order valence-electron chi connectivity index (χ2n) is 7.46. The number of thiazole rings is 1. The number of sulfonamides is 1. The van der Waals surface area contributed by atoms with Crippen molar-refractivity contribution in [2.45, 2.75) is 24.5 Å². The van der Waals surface area contributed by atoms with Gasteiger partial charge in [0.2, 0.25) is 11.6 Å². The number of alkyl halides is 1. The molecular formula is C22H22FN5O5S2. The summed E-state index contributed by atoms with van der Waals surface area (Å²) in [7, 11) is -2.55. The highest BCUT2D eigenvalue weighted by molar-refractivity contribution is 7.94. The van der Waals surface area contributed by atoms with Crippen LogP contribution in [0, 0.1) is 13.8 Å². The van der Waals surface area contributed by atoms with Gasteiger partial charge in [0.1, 0.15) is 11.3 Å². The predicted molar refractivity (Wildman–Crippen MR) is 130 cm³/mol. The van der Waals surface area contributed by atoms with Crippen LogP contribution in [0.1, 0.15) is 17.1 Å². The summed E-state index contributed by atoms with van der Waals surface area (Å²) >= 11 is 1.07. The first-order chi connectivity index (χ1) is 16.7. The Kier molecular flexibility index (Phi) is 6.98. The van der Waals surface area contributed by atoms with Gasteiger partial charge in [0, 0.05) is 29.9 Å². The molecule has 0 atom stereocenters. The molecule has 35 heavy (non-hydrogen) atoms. The maximum Gasteiger partial charge on any atom is 0.300 e. The topological polar surface area (TPSA) is 125 Å². The van der Waals surface area contributed by atoms with Gasteiger partial charge in [-0.05, 0) is 32.0 Å². The number of fused-ring (bicyclic) bond motifs is 1. The predicted octanol–water partition coefficient (Wildman–Crippen LogP) is 3.38. The number of methoxy groups -OCH3 is 1. The van der Waals surface area contributed by atoms with E-state index in [-0.39, 0.29) is 34.6 Å². The maximum atomic E-state index is 13.0. The van der Waals surface area contributed by atoms with Gasteiger partial charge in [0.25, 0.3) is 15.6 Å². The number of hydrogen-bond donors (Lipinski definition) is 1. The number of aromatic nitrogens is 4. The molecular weight excluding hydrogens is 497 g/mol. The van der Waals surface area contributed by atoms with E-state index in [0.29, 0.717) is 27.5 Å². The number of rotatable bonds is 9. The first-order valence-electron chi connectivity index (χ1n) is 10.4. The van der Waals surface area contributed by atoms with Gasteiger partial charge in [-0.15, -0.1) is 11.3 Å². The Labute approximate surface area is 204 Å². The van der Waals surface area contributed by atoms with Crippen molar-refractivity contribution in [3.05, 3.63) is 57.8 Å². The third-order valence-corrected chi connectivity index (χ3v) is 7.98. The second-order valence-corrected chi connectivity index (χ2v) is 10.5. The molecule has 0 aliphatic rings. The summed E-state index contributed by atoms with van der Waals surface area (Å²) in [5.41, 5.74) is 1.56. The van der Waals surface area contributed by atoms with Gasteiger partial charge < -0.3 is 9.47 Å². The zero-order chi connectivity index (χ0) is 25.2. The SMILES string of the molecule is COc1ncc(-c2ccc3ncc(OCCCF)c(=O)n3c2)cc1NS(=O)(=O)c1sc(C)nc1C. The van der Waals surface area contributed by atoms with Crippen molar-refractivity contribution < 1.29 is 22.3 Å². The number of nitrogens with zero attached hydrogens (tertiary/aromatic N) is 4. The largest absolute Gasteiger partial charge is 0.487 e. The lowest BCUT2D eigenvalue weighted by Gasteiger charge is -2.13. The standard InChI is InChI=1S/C22H22FN5O5S2/c1-13-22(34-14(2)26-13)35(30,31)27-17-9-16(10-25-20(17)32-3)15-5-6-19-24-11-18(33-8-4-7-23)21(29)28(19)12-15/h5-6,9-12,27H,4,7-8H2,1-3H3. The van der Waals surface area contributed by atoms with Gasteiger partial charge in [-0.3, -0.25) is 18.3 Å². The molecule has 4 aromatic rings. The molecule has 0 fully saturated rings. The van der Waals surface area contributed by atoms with E-state index in [0.717, 1.165) is 11.3 Å². The van der Waals surface area contributed by atoms with Gasteiger partial charge in [0.05, 0.1) is 37.3 Å². The van der Waals surface area contributed by atoms with Gasteiger partial charge in [-0.25, -0.2) is 23.4 Å². The van der Waals surface area contributed by atoms with Crippen molar-refractivity contribution in [3.8, 4) is 22.8 Å². The molecule has 10 nitrogen and oxygen atoms in total. The summed E-state index contributed by atoms with van der Waals surface area (Å²) in [4.78, 5) is 25.4. The smallest absolute Gasteiger partial charge is 0.300 e. The second kappa shape index (κ2) is 9.96. The third-order valence-electron chi connectivity index (χ3n) is 4.93. The first kappa shape index (κ1) is 24.5. The molecule has 0 radical (unpaired) electrons. The number of aryl methyl sites for hydroxylation is 2. The Morgan fingerprint density at radius 2 is 1.97 bits per heavy atom. The molecule has 0 bridgehead atoms. The molecule has 0 aromatic carbocycles. The van der Waals surface area contributed by atoms with Crippen molar-refractivity contribution in [2.75, 3.05) is 25.1 Å². The average Bonchev–Trinajstić information content (AvgIpc) is 3.19. The Hall–Kier alpha value is -3.58. The Bertz CT molecular complexity index is 1550. The molecule has 184 valence electrons. The molecule has 4 heterocycles. The highest BCUT2D eigenvalue weighted by Gasteiger charge is 2.23. The van der Waals surface area contributed by atoms with E-state index < -0.39 is 22.3 Å². The number of ether oxygens (including phenoxy) is 2. The molecule has 0 unspecified atom stereocenters. The van der Waals surface area contributed by atoms with E-state index >= 15 is 0 Å². The molecule has 0 aliphatic heterocycles. The monoisotopic (exact) mass is 519 g/mol. The fourth-order valence-corrected chi connectivity index (χ4v) is 5.90. The van der Waals surface area contributed by atoms with Crippen molar-refractivity contribution in [2.24, 2.45) is 0 Å². The fraction of sp³-hybridized carbons (Fsp3) is 0.273. The lowest BCUT2D eigenvalue weighted by molar-refractivity contribution is 0.285. The van der Waals surface area contributed by atoms with Gasteiger partial charge >= 0.3 is 0 Å². The van der Waals surface area contributed by atoms with Crippen LogP contribution in [0.4, 0.5) is 10.1 Å². The maximum absolute atomic E-state index is 13.0. The van der Waals surface area contributed by atoms with E-state index in [4.69, 9.17) is 9.47 Å². The number of halogens is 1. The van der Waals surface area contributed by atoms with Gasteiger partial charge in [-0.2, -0.15) is 0 Å². The molecule has 4 rings (SSSR count). The van der Waals surface area contributed by atoms with Crippen LogP contribution >= 0.6 is 11.3 Å². The minimum absolute atomic E-state index is 0.00428. The van der Waals surface area contributed by atoms with E-state index in [1.54, 1.807) is 38.2 Å². The molecule has 0 saturated heterocycles. The highest BCUT2D eigenvalue weighted by atomic mass is 32.2. The summed E-state index contributed by atoms with van der Waals surface area (Å²) in [6, 6.07) is 4.93. The lowest BCUT2D eigenvalue weighted by Crippen LogP contribution is -2.18. The number of anilines is 1. The summed E-state index contributed by atoms with van der Waals surface area (Å²) in [6.07, 6.45) is 4.52. The van der Waals surface area contributed by atoms with Gasteiger partial charge in [-0.1, -0.05) is 0 Å². The Morgan fingerprint density at radius 3 is 2.66 bits per heavy atom. The van der Waals surface area contributed by atoms with Crippen LogP contribution in [-0.2, 0) is 10.0 Å². The third kappa shape index (κ3) is 5.10. The summed E-state index contributed by atoms with van der Waals surface area (Å²) in [6.45, 7) is 2.86. The highest BCUT2D eigenvalue weighted by Crippen LogP contribution is 2.32. The summed E-state index contributed by atoms with van der Waals surface area (Å²) in [5.74, 6) is 0.0870. The van der Waals surface area contributed by atoms with Gasteiger partial charge in [0.15, 0.2) is 4.21 Å². The molecule has 0 amide bonds. The van der Waals surface area contributed by atoms with Crippen molar-refractivity contribution in [3.63, 3.8) is 0 Å². The molecule has 13 heteroatoms. The van der Waals surface area contributed by atoms with Crippen LogP contribution in [0.3, 0.4) is 0 Å². The Morgan fingerprint density at radius 1 is 1.17 bits per heavy atom. The van der Waals surface area contributed by atoms with E-state index in [1.165, 1.54) is 23.9 Å². The molecule has 4 aromatic heterocycles. The van der Waals surface area contributed by atoms with Crippen LogP contribution in [0.25, 0.3) is 16.8 Å². The van der Waals surface area contributed by atoms with E-state index in [2.05, 4.69) is 19.7 Å². The normalized spacial score (nSPS) is 11.5.